The zero-order chi connectivity index (χ0) is 15.0. The molecule has 0 aromatic heterocycles. The molecule has 3 N–H and O–H groups in total. The first-order valence-electron chi connectivity index (χ1n) is 7.02. The van der Waals surface area contributed by atoms with Gasteiger partial charge in [0.25, 0.3) is 5.69 Å². The summed E-state index contributed by atoms with van der Waals surface area (Å²) in [6.45, 7) is 5.19. The highest BCUT2D eigenvalue weighted by Crippen LogP contribution is 2.24. The fourth-order valence-corrected chi connectivity index (χ4v) is 1.86. The van der Waals surface area contributed by atoms with E-state index in [0.717, 1.165) is 19.4 Å². The molecular formula is C14H23N3O3. The standard InChI is InChI=1S/C14H23N3O3/c1-3-5-14(18)10-16-12-7-11(15-6-4-2)8-13(9-12)17(19)20/h7-9,14-16,18H,3-6,10H2,1-2H3. The Kier molecular flexibility index (Phi) is 6.79. The number of benzene rings is 1. The molecule has 0 aliphatic heterocycles. The summed E-state index contributed by atoms with van der Waals surface area (Å²) in [6.07, 6.45) is 2.12. The smallest absolute Gasteiger partial charge is 0.273 e. The van der Waals surface area contributed by atoms with Crippen molar-refractivity contribution in [3.05, 3.63) is 28.3 Å². The lowest BCUT2D eigenvalue weighted by Gasteiger charge is -2.13. The number of nitro groups is 1. The Labute approximate surface area is 119 Å². The van der Waals surface area contributed by atoms with Crippen LogP contribution in [0.1, 0.15) is 33.1 Å². The Bertz CT molecular complexity index is 438. The van der Waals surface area contributed by atoms with Gasteiger partial charge >= 0.3 is 0 Å². The van der Waals surface area contributed by atoms with Gasteiger partial charge in [0.05, 0.1) is 11.0 Å². The summed E-state index contributed by atoms with van der Waals surface area (Å²) >= 11 is 0. The van der Waals surface area contributed by atoms with Crippen LogP contribution in [0.25, 0.3) is 0 Å². The summed E-state index contributed by atoms with van der Waals surface area (Å²) in [5.74, 6) is 0. The molecule has 20 heavy (non-hydrogen) atoms. The van der Waals surface area contributed by atoms with Gasteiger partial charge in [-0.15, -0.1) is 0 Å². The minimum absolute atomic E-state index is 0.0404. The highest BCUT2D eigenvalue weighted by atomic mass is 16.6. The van der Waals surface area contributed by atoms with E-state index in [0.29, 0.717) is 24.3 Å². The molecule has 0 aliphatic rings. The predicted molar refractivity (Wildman–Crippen MR) is 81.3 cm³/mol. The molecule has 0 bridgehead atoms. The Morgan fingerprint density at radius 3 is 2.40 bits per heavy atom. The number of rotatable bonds is 9. The quantitative estimate of drug-likeness (QED) is 0.478. The second-order valence-corrected chi connectivity index (χ2v) is 4.78. The number of nitrogens with zero attached hydrogens (tertiary/aromatic N) is 1. The van der Waals surface area contributed by atoms with Crippen molar-refractivity contribution in [3.8, 4) is 0 Å². The molecule has 0 saturated carbocycles. The molecule has 0 heterocycles. The average Bonchev–Trinajstić information content (AvgIpc) is 2.43. The van der Waals surface area contributed by atoms with E-state index in [1.165, 1.54) is 12.1 Å². The molecule has 6 heteroatoms. The highest BCUT2D eigenvalue weighted by molar-refractivity contribution is 5.63. The Morgan fingerprint density at radius 1 is 1.20 bits per heavy atom. The lowest BCUT2D eigenvalue weighted by molar-refractivity contribution is -0.384. The van der Waals surface area contributed by atoms with Crippen LogP contribution >= 0.6 is 0 Å². The fourth-order valence-electron chi connectivity index (χ4n) is 1.86. The SMILES string of the molecule is CCCNc1cc(NCC(O)CCC)cc([N+](=O)[O-])c1. The number of aliphatic hydroxyl groups is 1. The van der Waals surface area contributed by atoms with Gasteiger partial charge in [0.2, 0.25) is 0 Å². The van der Waals surface area contributed by atoms with Crippen molar-refractivity contribution in [1.29, 1.82) is 0 Å². The monoisotopic (exact) mass is 281 g/mol. The highest BCUT2D eigenvalue weighted by Gasteiger charge is 2.10. The fraction of sp³-hybridized carbons (Fsp3) is 0.571. The molecule has 6 nitrogen and oxygen atoms in total. The van der Waals surface area contributed by atoms with Gasteiger partial charge in [0.1, 0.15) is 0 Å². The van der Waals surface area contributed by atoms with Crippen LogP contribution in [-0.4, -0.2) is 29.2 Å². The third kappa shape index (κ3) is 5.44. The van der Waals surface area contributed by atoms with Crippen molar-refractivity contribution in [3.63, 3.8) is 0 Å². The molecule has 0 radical (unpaired) electrons. The minimum atomic E-state index is -0.439. The van der Waals surface area contributed by atoms with Gasteiger partial charge in [0, 0.05) is 36.6 Å². The van der Waals surface area contributed by atoms with E-state index in [9.17, 15) is 15.2 Å². The molecule has 0 fully saturated rings. The number of nitrogens with one attached hydrogen (secondary N) is 2. The van der Waals surface area contributed by atoms with Gasteiger partial charge < -0.3 is 15.7 Å². The van der Waals surface area contributed by atoms with E-state index in [1.54, 1.807) is 0 Å². The second kappa shape index (κ2) is 8.37. The van der Waals surface area contributed by atoms with Crippen molar-refractivity contribution in [2.24, 2.45) is 0 Å². The van der Waals surface area contributed by atoms with E-state index in [-0.39, 0.29) is 5.69 Å². The zero-order valence-corrected chi connectivity index (χ0v) is 12.1. The van der Waals surface area contributed by atoms with Gasteiger partial charge in [-0.2, -0.15) is 0 Å². The molecule has 1 unspecified atom stereocenters. The van der Waals surface area contributed by atoms with Crippen LogP contribution in [0, 0.1) is 10.1 Å². The number of hydrogen-bond acceptors (Lipinski definition) is 5. The summed E-state index contributed by atoms with van der Waals surface area (Å²) in [5.41, 5.74) is 1.40. The molecule has 112 valence electrons. The molecule has 0 aliphatic carbocycles. The van der Waals surface area contributed by atoms with E-state index in [1.807, 2.05) is 19.9 Å². The maximum Gasteiger partial charge on any atom is 0.273 e. The van der Waals surface area contributed by atoms with Crippen molar-refractivity contribution in [1.82, 2.24) is 0 Å². The maximum atomic E-state index is 10.9. The van der Waals surface area contributed by atoms with Crippen LogP contribution in [-0.2, 0) is 0 Å². The Hall–Kier alpha value is -1.82. The van der Waals surface area contributed by atoms with Crippen molar-refractivity contribution < 1.29 is 10.0 Å². The van der Waals surface area contributed by atoms with Crippen LogP contribution in [0.3, 0.4) is 0 Å². The summed E-state index contributed by atoms with van der Waals surface area (Å²) < 4.78 is 0. The first-order chi connectivity index (χ1) is 9.56. The largest absolute Gasteiger partial charge is 0.391 e. The number of anilines is 2. The second-order valence-electron chi connectivity index (χ2n) is 4.78. The first kappa shape index (κ1) is 16.2. The summed E-state index contributed by atoms with van der Waals surface area (Å²) in [7, 11) is 0. The molecule has 1 aromatic carbocycles. The summed E-state index contributed by atoms with van der Waals surface area (Å²) in [6, 6.07) is 4.82. The third-order valence-electron chi connectivity index (χ3n) is 2.87. The van der Waals surface area contributed by atoms with Crippen LogP contribution in [0.15, 0.2) is 18.2 Å². The van der Waals surface area contributed by atoms with Crippen LogP contribution in [0.2, 0.25) is 0 Å². The number of aliphatic hydroxyl groups excluding tert-OH is 1. The van der Waals surface area contributed by atoms with Crippen molar-refractivity contribution in [2.75, 3.05) is 23.7 Å². The predicted octanol–water partition coefficient (Wildman–Crippen LogP) is 2.99. The van der Waals surface area contributed by atoms with Gasteiger partial charge in [-0.05, 0) is 18.9 Å². The topological polar surface area (TPSA) is 87.4 Å². The van der Waals surface area contributed by atoms with Gasteiger partial charge in [-0.3, -0.25) is 10.1 Å². The van der Waals surface area contributed by atoms with Gasteiger partial charge in [-0.1, -0.05) is 20.3 Å². The molecule has 0 spiro atoms. The number of nitro benzene ring substituents is 1. The van der Waals surface area contributed by atoms with E-state index >= 15 is 0 Å². The Morgan fingerprint density at radius 2 is 1.85 bits per heavy atom. The number of non-ortho nitro benzene ring substituents is 1. The van der Waals surface area contributed by atoms with Gasteiger partial charge in [-0.25, -0.2) is 0 Å². The number of hydrogen-bond donors (Lipinski definition) is 3. The molecule has 1 atom stereocenters. The van der Waals surface area contributed by atoms with Crippen LogP contribution < -0.4 is 10.6 Å². The van der Waals surface area contributed by atoms with E-state index in [4.69, 9.17) is 0 Å². The third-order valence-corrected chi connectivity index (χ3v) is 2.87. The van der Waals surface area contributed by atoms with Crippen LogP contribution in [0.5, 0.6) is 0 Å². The molecule has 1 aromatic rings. The molecule has 1 rings (SSSR count). The van der Waals surface area contributed by atoms with Gasteiger partial charge in [0.15, 0.2) is 0 Å². The van der Waals surface area contributed by atoms with Crippen molar-refractivity contribution in [2.45, 2.75) is 39.2 Å². The van der Waals surface area contributed by atoms with Crippen LogP contribution in [0.4, 0.5) is 17.1 Å². The lowest BCUT2D eigenvalue weighted by Crippen LogP contribution is -2.19. The average molecular weight is 281 g/mol. The van der Waals surface area contributed by atoms with E-state index < -0.39 is 11.0 Å². The lowest BCUT2D eigenvalue weighted by atomic mass is 10.2. The van der Waals surface area contributed by atoms with E-state index in [2.05, 4.69) is 10.6 Å². The van der Waals surface area contributed by atoms with Crippen molar-refractivity contribution >= 4 is 17.1 Å². The Balaban J connectivity index is 2.77. The normalized spacial score (nSPS) is 11.9. The molecule has 0 saturated heterocycles. The minimum Gasteiger partial charge on any atom is -0.391 e. The molecular weight excluding hydrogens is 258 g/mol. The zero-order valence-electron chi connectivity index (χ0n) is 12.1. The summed E-state index contributed by atoms with van der Waals surface area (Å²) in [4.78, 5) is 10.5. The first-order valence-corrected chi connectivity index (χ1v) is 7.02. The molecule has 0 amide bonds. The summed E-state index contributed by atoms with van der Waals surface area (Å²) in [5, 5.41) is 26.8. The maximum absolute atomic E-state index is 10.9.